The van der Waals surface area contributed by atoms with E-state index in [2.05, 4.69) is 14.9 Å². The Kier molecular flexibility index (Phi) is 5.97. The first-order chi connectivity index (χ1) is 14.5. The van der Waals surface area contributed by atoms with Gasteiger partial charge >= 0.3 is 0 Å². The van der Waals surface area contributed by atoms with Gasteiger partial charge in [0.05, 0.1) is 18.8 Å². The van der Waals surface area contributed by atoms with Gasteiger partial charge in [0, 0.05) is 46.1 Å². The van der Waals surface area contributed by atoms with Gasteiger partial charge in [-0.2, -0.15) is 4.98 Å². The monoisotopic (exact) mass is 411 g/mol. The van der Waals surface area contributed by atoms with E-state index in [1.54, 1.807) is 26.6 Å². The predicted octanol–water partition coefficient (Wildman–Crippen LogP) is 1.20. The average molecular weight is 412 g/mol. The quantitative estimate of drug-likeness (QED) is 0.711. The maximum Gasteiger partial charge on any atom is 0.285 e. The third kappa shape index (κ3) is 4.29. The molecule has 8 nitrogen and oxygen atoms in total. The first-order valence-electron chi connectivity index (χ1n) is 10.5. The fourth-order valence-electron chi connectivity index (χ4n) is 4.52. The third-order valence-electron chi connectivity index (χ3n) is 6.35. The molecule has 1 fully saturated rings. The number of amides is 1. The van der Waals surface area contributed by atoms with Gasteiger partial charge in [-0.3, -0.25) is 14.6 Å². The van der Waals surface area contributed by atoms with Crippen molar-refractivity contribution in [1.29, 1.82) is 0 Å². The van der Waals surface area contributed by atoms with E-state index in [4.69, 9.17) is 4.74 Å². The molecule has 30 heavy (non-hydrogen) atoms. The summed E-state index contributed by atoms with van der Waals surface area (Å²) in [7, 11) is 3.42. The van der Waals surface area contributed by atoms with Gasteiger partial charge in [-0.05, 0) is 43.5 Å². The Morgan fingerprint density at radius 3 is 2.80 bits per heavy atom. The smallest absolute Gasteiger partial charge is 0.285 e. The van der Waals surface area contributed by atoms with E-state index in [-0.39, 0.29) is 16.9 Å². The minimum absolute atomic E-state index is 0.131. The molecule has 2 aromatic heterocycles. The highest BCUT2D eigenvalue weighted by Gasteiger charge is 2.41. The summed E-state index contributed by atoms with van der Waals surface area (Å²) in [6.45, 7) is 4.93. The van der Waals surface area contributed by atoms with Crippen LogP contribution < -0.4 is 5.56 Å². The molecule has 0 atom stereocenters. The van der Waals surface area contributed by atoms with Crippen molar-refractivity contribution < 1.29 is 9.53 Å². The van der Waals surface area contributed by atoms with Crippen molar-refractivity contribution in [3.05, 3.63) is 58.0 Å². The number of likely N-dealkylation sites (tertiary alicyclic amines) is 1. The molecule has 0 saturated carbocycles. The van der Waals surface area contributed by atoms with Crippen LogP contribution in [0.5, 0.6) is 0 Å². The average Bonchev–Trinajstić information content (AvgIpc) is 3.09. The first-order valence-corrected chi connectivity index (χ1v) is 10.5. The molecule has 2 aliphatic heterocycles. The Balaban J connectivity index is 1.45. The van der Waals surface area contributed by atoms with Gasteiger partial charge < -0.3 is 19.1 Å². The SMILES string of the molecule is COCCN1CCC2(CC1)Cc1nc(=O)c(C(=O)N(C)Cc3ccccn3)cn1C2. The Labute approximate surface area is 176 Å². The number of carbonyl (C=O) groups is 1. The molecular formula is C22H29N5O3. The summed E-state index contributed by atoms with van der Waals surface area (Å²) in [5.41, 5.74) is 0.611. The molecule has 2 aliphatic rings. The number of pyridine rings is 1. The normalized spacial score (nSPS) is 17.8. The van der Waals surface area contributed by atoms with Crippen LogP contribution in [0.3, 0.4) is 0 Å². The molecule has 0 radical (unpaired) electrons. The molecule has 1 amide bonds. The van der Waals surface area contributed by atoms with E-state index in [0.29, 0.717) is 6.54 Å². The molecule has 1 spiro atoms. The third-order valence-corrected chi connectivity index (χ3v) is 6.35. The van der Waals surface area contributed by atoms with Gasteiger partial charge in [0.25, 0.3) is 11.5 Å². The van der Waals surface area contributed by atoms with Crippen LogP contribution in [0, 0.1) is 5.41 Å². The number of nitrogens with zero attached hydrogens (tertiary/aromatic N) is 5. The maximum atomic E-state index is 12.9. The van der Waals surface area contributed by atoms with Crippen LogP contribution >= 0.6 is 0 Å². The van der Waals surface area contributed by atoms with Crippen LogP contribution in [0.1, 0.15) is 34.7 Å². The minimum atomic E-state index is -0.436. The Hall–Kier alpha value is -2.58. The molecule has 0 aliphatic carbocycles. The largest absolute Gasteiger partial charge is 0.383 e. The zero-order valence-electron chi connectivity index (χ0n) is 17.7. The highest BCUT2D eigenvalue weighted by atomic mass is 16.5. The number of hydrogen-bond acceptors (Lipinski definition) is 6. The first kappa shape index (κ1) is 20.7. The molecule has 160 valence electrons. The Bertz CT molecular complexity index is 951. The van der Waals surface area contributed by atoms with E-state index in [9.17, 15) is 9.59 Å². The lowest BCUT2D eigenvalue weighted by Gasteiger charge is -2.38. The van der Waals surface area contributed by atoms with Crippen LogP contribution in [-0.2, 0) is 24.2 Å². The van der Waals surface area contributed by atoms with Crippen LogP contribution in [0.25, 0.3) is 0 Å². The van der Waals surface area contributed by atoms with Gasteiger partial charge in [0.15, 0.2) is 0 Å². The van der Waals surface area contributed by atoms with E-state index < -0.39 is 5.56 Å². The number of aromatic nitrogens is 3. The van der Waals surface area contributed by atoms with Crippen LogP contribution in [0.2, 0.25) is 0 Å². The van der Waals surface area contributed by atoms with Crippen molar-refractivity contribution in [3.8, 4) is 0 Å². The highest BCUT2D eigenvalue weighted by Crippen LogP contribution is 2.40. The van der Waals surface area contributed by atoms with Crippen molar-refractivity contribution in [2.24, 2.45) is 5.41 Å². The van der Waals surface area contributed by atoms with Gasteiger partial charge in [0.2, 0.25) is 0 Å². The van der Waals surface area contributed by atoms with Crippen LogP contribution in [-0.4, -0.2) is 70.6 Å². The molecule has 1 saturated heterocycles. The van der Waals surface area contributed by atoms with Crippen LogP contribution in [0.15, 0.2) is 35.4 Å². The molecule has 0 bridgehead atoms. The lowest BCUT2D eigenvalue weighted by Crippen LogP contribution is -2.42. The second kappa shape index (κ2) is 8.65. The molecule has 4 heterocycles. The minimum Gasteiger partial charge on any atom is -0.383 e. The molecule has 4 rings (SSSR count). The van der Waals surface area contributed by atoms with Gasteiger partial charge in [-0.25, -0.2) is 0 Å². The van der Waals surface area contributed by atoms with Crippen molar-refractivity contribution in [3.63, 3.8) is 0 Å². The Morgan fingerprint density at radius 2 is 2.10 bits per heavy atom. The zero-order chi connectivity index (χ0) is 21.1. The molecule has 8 heteroatoms. The van der Waals surface area contributed by atoms with Crippen molar-refractivity contribution in [2.75, 3.05) is 40.4 Å². The summed E-state index contributed by atoms with van der Waals surface area (Å²) in [5, 5.41) is 0. The number of piperidine rings is 1. The zero-order valence-corrected chi connectivity index (χ0v) is 17.7. The molecule has 0 N–H and O–H groups in total. The van der Waals surface area contributed by atoms with E-state index in [0.717, 1.165) is 63.6 Å². The van der Waals surface area contributed by atoms with Gasteiger partial charge in [-0.15, -0.1) is 0 Å². The maximum absolute atomic E-state index is 12.9. The predicted molar refractivity (Wildman–Crippen MR) is 112 cm³/mol. The molecule has 0 aromatic carbocycles. The number of carbonyl (C=O) groups excluding carboxylic acids is 1. The number of rotatable bonds is 6. The fraction of sp³-hybridized carbons (Fsp3) is 0.545. The van der Waals surface area contributed by atoms with E-state index in [1.165, 1.54) is 4.90 Å². The van der Waals surface area contributed by atoms with Gasteiger partial charge in [-0.1, -0.05) is 6.07 Å². The second-order valence-electron chi connectivity index (χ2n) is 8.50. The topological polar surface area (TPSA) is 80.6 Å². The molecule has 0 unspecified atom stereocenters. The van der Waals surface area contributed by atoms with Gasteiger partial charge in [0.1, 0.15) is 11.4 Å². The molecular weight excluding hydrogens is 382 g/mol. The summed E-state index contributed by atoms with van der Waals surface area (Å²) in [5.74, 6) is 0.484. The summed E-state index contributed by atoms with van der Waals surface area (Å²) < 4.78 is 7.21. The Morgan fingerprint density at radius 1 is 1.30 bits per heavy atom. The second-order valence-corrected chi connectivity index (χ2v) is 8.50. The fourth-order valence-corrected chi connectivity index (χ4v) is 4.52. The van der Waals surface area contributed by atoms with E-state index in [1.807, 2.05) is 22.8 Å². The number of fused-ring (bicyclic) bond motifs is 1. The standard InChI is InChI=1S/C22H29N5O3/c1-25(14-17-5-3-4-8-23-17)21(29)18-15-27-16-22(13-19(27)24-20(18)28)6-9-26(10-7-22)11-12-30-2/h3-5,8,15H,6-7,9-14,16H2,1-2H3. The van der Waals surface area contributed by atoms with Crippen molar-refractivity contribution in [1.82, 2.24) is 24.3 Å². The molecule has 2 aromatic rings. The lowest BCUT2D eigenvalue weighted by molar-refractivity contribution is 0.0768. The number of hydrogen-bond donors (Lipinski definition) is 0. The summed E-state index contributed by atoms with van der Waals surface area (Å²) >= 11 is 0. The van der Waals surface area contributed by atoms with Crippen molar-refractivity contribution in [2.45, 2.75) is 32.4 Å². The van der Waals surface area contributed by atoms with Crippen LogP contribution in [0.4, 0.5) is 0 Å². The summed E-state index contributed by atoms with van der Waals surface area (Å²) in [4.78, 5) is 38.0. The van der Waals surface area contributed by atoms with E-state index >= 15 is 0 Å². The highest BCUT2D eigenvalue weighted by molar-refractivity contribution is 5.93. The summed E-state index contributed by atoms with van der Waals surface area (Å²) in [6.07, 6.45) is 6.35. The summed E-state index contributed by atoms with van der Waals surface area (Å²) in [6, 6.07) is 5.58. The van der Waals surface area contributed by atoms with Crippen molar-refractivity contribution >= 4 is 5.91 Å². The number of ether oxygens (including phenoxy) is 1. The number of methoxy groups -OCH3 is 1. The lowest BCUT2D eigenvalue weighted by atomic mass is 9.77.